The molecule has 3 atom stereocenters. The van der Waals surface area contributed by atoms with Crippen LogP contribution in [0.2, 0.25) is 0 Å². The lowest BCUT2D eigenvalue weighted by molar-refractivity contribution is -0.870. The van der Waals surface area contributed by atoms with E-state index in [0.717, 1.165) is 44.9 Å². The van der Waals surface area contributed by atoms with Crippen LogP contribution in [0.5, 0.6) is 0 Å². The van der Waals surface area contributed by atoms with Gasteiger partial charge in [0.2, 0.25) is 5.91 Å². The number of amides is 1. The zero-order chi connectivity index (χ0) is 47.8. The van der Waals surface area contributed by atoms with Crippen LogP contribution in [-0.2, 0) is 18.4 Å². The number of quaternary nitrogens is 1. The Balaban J connectivity index is 4.14. The summed E-state index contributed by atoms with van der Waals surface area (Å²) in [5.74, 6) is -0.187. The highest BCUT2D eigenvalue weighted by atomic mass is 31.2. The highest BCUT2D eigenvalue weighted by Crippen LogP contribution is 2.43. The van der Waals surface area contributed by atoms with Crippen LogP contribution in [0, 0.1) is 0 Å². The standard InChI is InChI=1S/C56H109N2O6P/c1-6-8-10-12-14-16-18-20-22-23-24-25-26-27-28-29-30-31-32-33-34-36-38-40-42-44-46-48-50-56(60)57-54(53-64-65(61,62)63-52-51-58(3,4)5)55(59)49-47-45-43-41-39-37-35-21-19-17-15-13-11-9-7-2/h19,21,39,41,47,49,54-55,59H,6-18,20,22-38,40,42-46,48,50-53H2,1-5H3,(H-,57,60,61,62)/p+1/b21-19+,41-39+,49-47+. The molecule has 0 radical (unpaired) electrons. The molecule has 0 aromatic heterocycles. The summed E-state index contributed by atoms with van der Waals surface area (Å²) < 4.78 is 23.6. The SMILES string of the molecule is CCCCCCC/C=C/CC/C=C/CC/C=C/C(O)C(COP(=O)(O)OCC[N+](C)(C)C)NC(=O)CCCCCCCCCCCCCCCCCCCCCCCCCCCCCC. The van der Waals surface area contributed by atoms with Gasteiger partial charge >= 0.3 is 7.82 Å². The molecule has 0 heterocycles. The predicted molar refractivity (Wildman–Crippen MR) is 281 cm³/mol. The maximum absolute atomic E-state index is 12.9. The van der Waals surface area contributed by atoms with Gasteiger partial charge in [-0.1, -0.05) is 249 Å². The van der Waals surface area contributed by atoms with Crippen molar-refractivity contribution >= 4 is 13.7 Å². The van der Waals surface area contributed by atoms with Crippen molar-refractivity contribution in [3.8, 4) is 0 Å². The van der Waals surface area contributed by atoms with Crippen LogP contribution in [0.4, 0.5) is 0 Å². The monoisotopic (exact) mass is 938 g/mol. The Labute approximate surface area is 404 Å². The molecule has 384 valence electrons. The molecule has 0 bridgehead atoms. The summed E-state index contributed by atoms with van der Waals surface area (Å²) in [5.41, 5.74) is 0. The second kappa shape index (κ2) is 47.8. The molecule has 0 rings (SSSR count). The summed E-state index contributed by atoms with van der Waals surface area (Å²) in [6.07, 6.45) is 61.1. The molecule has 9 heteroatoms. The maximum atomic E-state index is 12.9. The minimum atomic E-state index is -4.35. The van der Waals surface area contributed by atoms with Gasteiger partial charge in [-0.15, -0.1) is 0 Å². The molecule has 0 fully saturated rings. The third-order valence-electron chi connectivity index (χ3n) is 12.6. The largest absolute Gasteiger partial charge is 0.472 e. The summed E-state index contributed by atoms with van der Waals surface area (Å²) in [5, 5.41) is 13.9. The third kappa shape index (κ3) is 50.4. The van der Waals surface area contributed by atoms with Crippen molar-refractivity contribution in [2.45, 2.75) is 276 Å². The molecule has 3 unspecified atom stereocenters. The minimum absolute atomic E-state index is 0.0549. The van der Waals surface area contributed by atoms with E-state index in [1.807, 2.05) is 27.2 Å². The Morgan fingerprint density at radius 2 is 0.846 bits per heavy atom. The van der Waals surface area contributed by atoms with Crippen LogP contribution < -0.4 is 5.32 Å². The molecule has 0 aromatic rings. The van der Waals surface area contributed by atoms with Gasteiger partial charge in [-0.3, -0.25) is 13.8 Å². The number of nitrogens with one attached hydrogen (secondary N) is 1. The van der Waals surface area contributed by atoms with E-state index in [9.17, 15) is 19.4 Å². The molecule has 0 aliphatic carbocycles. The molecular weight excluding hydrogens is 828 g/mol. The quantitative estimate of drug-likeness (QED) is 0.0243. The Kier molecular flexibility index (Phi) is 46.8. The van der Waals surface area contributed by atoms with Crippen LogP contribution in [-0.4, -0.2) is 73.4 Å². The summed E-state index contributed by atoms with van der Waals surface area (Å²) in [7, 11) is 1.55. The van der Waals surface area contributed by atoms with Gasteiger partial charge in [0.05, 0.1) is 39.9 Å². The van der Waals surface area contributed by atoms with Crippen molar-refractivity contribution in [1.82, 2.24) is 5.32 Å². The fourth-order valence-corrected chi connectivity index (χ4v) is 8.93. The minimum Gasteiger partial charge on any atom is -0.387 e. The van der Waals surface area contributed by atoms with E-state index in [0.29, 0.717) is 17.4 Å². The van der Waals surface area contributed by atoms with E-state index in [-0.39, 0.29) is 19.1 Å². The molecule has 0 saturated carbocycles. The van der Waals surface area contributed by atoms with E-state index in [1.165, 1.54) is 199 Å². The fourth-order valence-electron chi connectivity index (χ4n) is 8.19. The van der Waals surface area contributed by atoms with E-state index in [4.69, 9.17) is 9.05 Å². The number of aliphatic hydroxyl groups excluding tert-OH is 1. The van der Waals surface area contributed by atoms with Crippen molar-refractivity contribution in [3.63, 3.8) is 0 Å². The highest BCUT2D eigenvalue weighted by Gasteiger charge is 2.27. The first kappa shape index (κ1) is 63.7. The van der Waals surface area contributed by atoms with Gasteiger partial charge in [0, 0.05) is 6.42 Å². The van der Waals surface area contributed by atoms with E-state index in [1.54, 1.807) is 6.08 Å². The average molecular weight is 938 g/mol. The molecule has 0 aromatic carbocycles. The molecule has 3 N–H and O–H groups in total. The zero-order valence-electron chi connectivity index (χ0n) is 43.7. The smallest absolute Gasteiger partial charge is 0.387 e. The van der Waals surface area contributed by atoms with Crippen LogP contribution in [0.15, 0.2) is 36.5 Å². The normalized spacial score (nSPS) is 14.3. The number of aliphatic hydroxyl groups is 1. The van der Waals surface area contributed by atoms with Crippen molar-refractivity contribution in [2.24, 2.45) is 0 Å². The number of carbonyl (C=O) groups excluding carboxylic acids is 1. The van der Waals surface area contributed by atoms with Crippen molar-refractivity contribution in [2.75, 3.05) is 40.9 Å². The second-order valence-electron chi connectivity index (χ2n) is 20.3. The number of allylic oxidation sites excluding steroid dienone is 5. The third-order valence-corrected chi connectivity index (χ3v) is 13.6. The zero-order valence-corrected chi connectivity index (χ0v) is 44.6. The number of likely N-dealkylation sites (N-methyl/N-ethyl adjacent to an activating group) is 1. The van der Waals surface area contributed by atoms with Crippen molar-refractivity contribution < 1.29 is 32.9 Å². The second-order valence-corrected chi connectivity index (χ2v) is 21.8. The van der Waals surface area contributed by atoms with Gasteiger partial charge in [0.15, 0.2) is 0 Å². The van der Waals surface area contributed by atoms with Gasteiger partial charge in [-0.2, -0.15) is 0 Å². The summed E-state index contributed by atoms with van der Waals surface area (Å²) >= 11 is 0. The number of phosphoric acid groups is 1. The van der Waals surface area contributed by atoms with Gasteiger partial charge in [-0.25, -0.2) is 4.57 Å². The molecule has 8 nitrogen and oxygen atoms in total. The maximum Gasteiger partial charge on any atom is 0.472 e. The number of hydrogen-bond donors (Lipinski definition) is 3. The van der Waals surface area contributed by atoms with Gasteiger partial charge in [-0.05, 0) is 44.9 Å². The lowest BCUT2D eigenvalue weighted by atomic mass is 10.0. The Morgan fingerprint density at radius 3 is 1.23 bits per heavy atom. The molecule has 65 heavy (non-hydrogen) atoms. The summed E-state index contributed by atoms with van der Waals surface area (Å²) in [4.78, 5) is 23.2. The lowest BCUT2D eigenvalue weighted by Gasteiger charge is -2.25. The van der Waals surface area contributed by atoms with Crippen LogP contribution in [0.1, 0.15) is 264 Å². The van der Waals surface area contributed by atoms with E-state index in [2.05, 4.69) is 43.5 Å². The summed E-state index contributed by atoms with van der Waals surface area (Å²) in [6.45, 7) is 4.80. The average Bonchev–Trinajstić information content (AvgIpc) is 3.26. The Hall–Kier alpha value is -1.28. The Bertz CT molecular complexity index is 1150. The highest BCUT2D eigenvalue weighted by molar-refractivity contribution is 7.47. The number of phosphoric ester groups is 1. The first-order valence-electron chi connectivity index (χ1n) is 27.9. The molecule has 0 saturated heterocycles. The van der Waals surface area contributed by atoms with Crippen molar-refractivity contribution in [1.29, 1.82) is 0 Å². The van der Waals surface area contributed by atoms with E-state index >= 15 is 0 Å². The van der Waals surface area contributed by atoms with E-state index < -0.39 is 20.0 Å². The molecule has 1 amide bonds. The van der Waals surface area contributed by atoms with Crippen LogP contribution in [0.25, 0.3) is 0 Å². The first-order valence-corrected chi connectivity index (χ1v) is 29.4. The van der Waals surface area contributed by atoms with Crippen LogP contribution in [0.3, 0.4) is 0 Å². The first-order chi connectivity index (χ1) is 31.5. The topological polar surface area (TPSA) is 105 Å². The summed E-state index contributed by atoms with van der Waals surface area (Å²) in [6, 6.07) is -0.867. The van der Waals surface area contributed by atoms with Gasteiger partial charge in [0.1, 0.15) is 13.2 Å². The number of hydrogen-bond acceptors (Lipinski definition) is 5. The van der Waals surface area contributed by atoms with Gasteiger partial charge in [0.25, 0.3) is 0 Å². The number of nitrogens with zero attached hydrogens (tertiary/aromatic N) is 1. The number of unbranched alkanes of at least 4 members (excludes halogenated alkanes) is 34. The lowest BCUT2D eigenvalue weighted by Crippen LogP contribution is -2.45. The molecule has 0 spiro atoms. The molecular formula is C56H110N2O6P+. The number of rotatable bonds is 51. The van der Waals surface area contributed by atoms with Crippen molar-refractivity contribution in [3.05, 3.63) is 36.5 Å². The van der Waals surface area contributed by atoms with Gasteiger partial charge < -0.3 is 19.8 Å². The number of carbonyl (C=O) groups is 1. The predicted octanol–water partition coefficient (Wildman–Crippen LogP) is 16.6. The fraction of sp³-hybridized carbons (Fsp3) is 0.875. The Morgan fingerprint density at radius 1 is 0.508 bits per heavy atom. The van der Waals surface area contributed by atoms with Crippen LogP contribution >= 0.6 is 7.82 Å². The molecule has 0 aliphatic rings. The molecule has 0 aliphatic heterocycles.